The van der Waals surface area contributed by atoms with E-state index in [0.29, 0.717) is 22.6 Å². The summed E-state index contributed by atoms with van der Waals surface area (Å²) in [5.41, 5.74) is 3.43. The third-order valence-electron chi connectivity index (χ3n) is 4.86. The molecular formula is C22H16IN3O2S. The Labute approximate surface area is 184 Å². The van der Waals surface area contributed by atoms with Gasteiger partial charge in [-0.2, -0.15) is 5.26 Å². The van der Waals surface area contributed by atoms with Gasteiger partial charge in [-0.3, -0.25) is 14.5 Å². The number of carbonyl (C=O) groups excluding carboxylic acids is 2. The first-order valence-electron chi connectivity index (χ1n) is 9.03. The summed E-state index contributed by atoms with van der Waals surface area (Å²) in [5, 5.41) is 14.2. The molecule has 7 heteroatoms. The average Bonchev–Trinajstić information content (AvgIpc) is 2.86. The second kappa shape index (κ2) is 8.43. The van der Waals surface area contributed by atoms with Crippen molar-refractivity contribution in [1.29, 1.82) is 5.26 Å². The highest BCUT2D eigenvalue weighted by atomic mass is 127. The maximum absolute atomic E-state index is 13.0. The normalized spacial score (nSPS) is 13.6. The fourth-order valence-corrected chi connectivity index (χ4v) is 4.59. The molecule has 29 heavy (non-hydrogen) atoms. The number of nitrogens with one attached hydrogen (secondary N) is 1. The molecule has 5 nitrogen and oxygen atoms in total. The highest BCUT2D eigenvalue weighted by Crippen LogP contribution is 2.42. The Bertz CT molecular complexity index is 1170. The third-order valence-corrected chi connectivity index (χ3v) is 6.54. The molecule has 0 saturated heterocycles. The van der Waals surface area contributed by atoms with Crippen LogP contribution < -0.4 is 10.2 Å². The van der Waals surface area contributed by atoms with Gasteiger partial charge in [0.2, 0.25) is 11.8 Å². The molecule has 3 aromatic rings. The summed E-state index contributed by atoms with van der Waals surface area (Å²) >= 11 is 2.28. The lowest BCUT2D eigenvalue weighted by atomic mass is 9.98. The number of aryl methyl sites for hydroxylation is 1. The number of hydrogen-bond donors (Lipinski definition) is 1. The maximum Gasteiger partial charge on any atom is 0.241 e. The Morgan fingerprint density at radius 2 is 1.90 bits per heavy atom. The zero-order chi connectivity index (χ0) is 20.4. The Morgan fingerprint density at radius 3 is 2.66 bits per heavy atom. The highest BCUT2D eigenvalue weighted by Gasteiger charge is 2.29. The lowest BCUT2D eigenvalue weighted by Gasteiger charge is -2.25. The lowest BCUT2D eigenvalue weighted by Crippen LogP contribution is -2.26. The van der Waals surface area contributed by atoms with Gasteiger partial charge in [0.1, 0.15) is 6.42 Å². The Balaban J connectivity index is 2.00. The summed E-state index contributed by atoms with van der Waals surface area (Å²) < 4.78 is 0. The van der Waals surface area contributed by atoms with Crippen molar-refractivity contribution in [2.75, 3.05) is 16.0 Å². The first-order chi connectivity index (χ1) is 14.1. The standard InChI is InChI=1S/C22H16IN3O2S/c23-29-9-8-15-11-19-22(18-7-2-1-6-17(15)18)25-20(27)12-21(28)26(19)16-5-3-4-14(10-16)13-24/h1-7,10-11H,8-9,12H2,(H,25,27). The molecule has 1 aliphatic rings. The number of nitrogens with zero attached hydrogens (tertiary/aromatic N) is 2. The molecule has 0 unspecified atom stereocenters. The van der Waals surface area contributed by atoms with Gasteiger partial charge < -0.3 is 5.32 Å². The average molecular weight is 513 g/mol. The van der Waals surface area contributed by atoms with E-state index in [-0.39, 0.29) is 18.2 Å². The maximum atomic E-state index is 13.0. The van der Waals surface area contributed by atoms with Crippen LogP contribution in [0.4, 0.5) is 17.1 Å². The van der Waals surface area contributed by atoms with E-state index in [2.05, 4.69) is 32.6 Å². The van der Waals surface area contributed by atoms with E-state index in [4.69, 9.17) is 0 Å². The summed E-state index contributed by atoms with van der Waals surface area (Å²) in [4.78, 5) is 27.0. The van der Waals surface area contributed by atoms with Crippen LogP contribution in [-0.2, 0) is 16.0 Å². The van der Waals surface area contributed by atoms with Gasteiger partial charge in [0, 0.05) is 11.1 Å². The number of halogens is 1. The molecule has 2 amide bonds. The second-order valence-corrected chi connectivity index (χ2v) is 9.15. The molecule has 0 aromatic heterocycles. The smallest absolute Gasteiger partial charge is 0.241 e. The minimum Gasteiger partial charge on any atom is -0.323 e. The van der Waals surface area contributed by atoms with Crippen LogP contribution >= 0.6 is 30.1 Å². The summed E-state index contributed by atoms with van der Waals surface area (Å²) in [5.74, 6) is 0.282. The van der Waals surface area contributed by atoms with Crippen molar-refractivity contribution in [3.63, 3.8) is 0 Å². The first-order valence-corrected chi connectivity index (χ1v) is 12.6. The summed E-state index contributed by atoms with van der Waals surface area (Å²) in [6, 6.07) is 18.9. The van der Waals surface area contributed by atoms with Crippen LogP contribution in [0.15, 0.2) is 54.6 Å². The number of fused-ring (bicyclic) bond motifs is 3. The minimum absolute atomic E-state index is 0.251. The van der Waals surface area contributed by atoms with Crippen molar-refractivity contribution in [2.24, 2.45) is 0 Å². The zero-order valence-corrected chi connectivity index (χ0v) is 18.3. The molecule has 0 saturated carbocycles. The Morgan fingerprint density at radius 1 is 1.10 bits per heavy atom. The summed E-state index contributed by atoms with van der Waals surface area (Å²) in [7, 11) is 1.73. The van der Waals surface area contributed by atoms with Crippen LogP contribution in [0, 0.1) is 11.3 Å². The van der Waals surface area contributed by atoms with Crippen molar-refractivity contribution in [3.8, 4) is 6.07 Å². The summed E-state index contributed by atoms with van der Waals surface area (Å²) in [6.45, 7) is 0. The molecule has 0 bridgehead atoms. The van der Waals surface area contributed by atoms with Gasteiger partial charge in [0.05, 0.1) is 28.7 Å². The van der Waals surface area contributed by atoms with Crippen LogP contribution in [0.5, 0.6) is 0 Å². The van der Waals surface area contributed by atoms with Crippen LogP contribution in [0.3, 0.4) is 0 Å². The quantitative estimate of drug-likeness (QED) is 0.378. The number of amides is 2. The molecule has 0 spiro atoms. The fraction of sp³-hybridized carbons (Fsp3) is 0.136. The van der Waals surface area contributed by atoms with E-state index in [1.165, 1.54) is 0 Å². The Kier molecular flexibility index (Phi) is 5.74. The van der Waals surface area contributed by atoms with Gasteiger partial charge in [-0.25, -0.2) is 0 Å². The molecule has 0 aliphatic carbocycles. The predicted octanol–water partition coefficient (Wildman–Crippen LogP) is 5.34. The molecule has 4 rings (SSSR count). The Hall–Kier alpha value is -2.57. The number of nitriles is 1. The van der Waals surface area contributed by atoms with Gasteiger partial charge in [-0.05, 0) is 62.8 Å². The molecule has 1 heterocycles. The van der Waals surface area contributed by atoms with Crippen molar-refractivity contribution in [1.82, 2.24) is 0 Å². The molecular weight excluding hydrogens is 497 g/mol. The van der Waals surface area contributed by atoms with Gasteiger partial charge >= 0.3 is 0 Å². The van der Waals surface area contributed by atoms with E-state index in [9.17, 15) is 14.9 Å². The molecule has 0 fully saturated rings. The molecule has 0 radical (unpaired) electrons. The number of hydrogen-bond acceptors (Lipinski definition) is 4. The van der Waals surface area contributed by atoms with Crippen molar-refractivity contribution in [3.05, 3.63) is 65.7 Å². The molecule has 3 aromatic carbocycles. The van der Waals surface area contributed by atoms with Gasteiger partial charge in [0.25, 0.3) is 0 Å². The lowest BCUT2D eigenvalue weighted by molar-refractivity contribution is -0.124. The van der Waals surface area contributed by atoms with E-state index in [1.54, 1.807) is 38.1 Å². The fourth-order valence-electron chi connectivity index (χ4n) is 3.63. The van der Waals surface area contributed by atoms with Crippen LogP contribution in [0.2, 0.25) is 0 Å². The summed E-state index contributed by atoms with van der Waals surface area (Å²) in [6.07, 6.45) is 0.592. The van der Waals surface area contributed by atoms with Crippen molar-refractivity contribution >= 4 is 69.8 Å². The largest absolute Gasteiger partial charge is 0.323 e. The van der Waals surface area contributed by atoms with E-state index in [1.807, 2.05) is 30.3 Å². The van der Waals surface area contributed by atoms with Gasteiger partial charge in [-0.15, -0.1) is 0 Å². The number of carbonyl (C=O) groups is 2. The van der Waals surface area contributed by atoms with Crippen LogP contribution in [-0.4, -0.2) is 17.6 Å². The third kappa shape index (κ3) is 3.82. The van der Waals surface area contributed by atoms with E-state index < -0.39 is 0 Å². The zero-order valence-electron chi connectivity index (χ0n) is 15.3. The first kappa shape index (κ1) is 19.7. The number of anilines is 3. The molecule has 0 atom stereocenters. The van der Waals surface area contributed by atoms with Gasteiger partial charge in [0.15, 0.2) is 0 Å². The van der Waals surface area contributed by atoms with Crippen molar-refractivity contribution < 1.29 is 9.59 Å². The van der Waals surface area contributed by atoms with Crippen LogP contribution in [0.25, 0.3) is 10.8 Å². The molecule has 144 valence electrons. The monoisotopic (exact) mass is 513 g/mol. The number of rotatable bonds is 4. The second-order valence-electron chi connectivity index (χ2n) is 6.65. The van der Waals surface area contributed by atoms with E-state index in [0.717, 1.165) is 28.5 Å². The molecule has 1 N–H and O–H groups in total. The molecule has 1 aliphatic heterocycles. The predicted molar refractivity (Wildman–Crippen MR) is 126 cm³/mol. The minimum atomic E-state index is -0.337. The van der Waals surface area contributed by atoms with Gasteiger partial charge in [-0.1, -0.05) is 39.3 Å². The van der Waals surface area contributed by atoms with Crippen LogP contribution in [0.1, 0.15) is 17.5 Å². The SMILES string of the molecule is N#Cc1cccc(N2C(=O)CC(=O)Nc3c2cc(CCSI)c2ccccc32)c1. The topological polar surface area (TPSA) is 73.2 Å². The van der Waals surface area contributed by atoms with Crippen molar-refractivity contribution in [2.45, 2.75) is 12.8 Å². The highest BCUT2D eigenvalue weighted by molar-refractivity contribution is 14.2. The van der Waals surface area contributed by atoms with E-state index >= 15 is 0 Å². The number of benzene rings is 3.